The molecule has 2 aromatic rings. The Kier molecular flexibility index (Phi) is 5.14. The van der Waals surface area contributed by atoms with Crippen LogP contribution in [0.4, 0.5) is 5.95 Å². The fourth-order valence-corrected chi connectivity index (χ4v) is 3.45. The number of hydrogen-bond donors (Lipinski definition) is 1. The summed E-state index contributed by atoms with van der Waals surface area (Å²) in [7, 11) is 0. The fraction of sp³-hybridized carbons (Fsp3) is 0.154. The average Bonchev–Trinajstić information content (AvgIpc) is 2.32. The molecule has 2 rings (SSSR count). The van der Waals surface area contributed by atoms with Crippen LogP contribution < -0.4 is 5.32 Å². The summed E-state index contributed by atoms with van der Waals surface area (Å²) in [6.07, 6.45) is 0. The highest BCUT2D eigenvalue weighted by Gasteiger charge is 2.15. The van der Waals surface area contributed by atoms with Crippen molar-refractivity contribution in [1.82, 2.24) is 9.97 Å². The molecule has 0 fully saturated rings. The summed E-state index contributed by atoms with van der Waals surface area (Å²) in [6, 6.07) is 5.52. The summed E-state index contributed by atoms with van der Waals surface area (Å²) in [4.78, 5) is 20.7. The van der Waals surface area contributed by atoms with E-state index in [-0.39, 0.29) is 5.91 Å². The molecule has 7 heteroatoms. The SMILES string of the molecule is Cc1cc(C)nc(NC(=O)c2cc(Br)cc(Br)c2I)n1. The number of aromatic nitrogens is 2. The molecule has 0 bridgehead atoms. The van der Waals surface area contributed by atoms with Gasteiger partial charge in [-0.15, -0.1) is 0 Å². The monoisotopic (exact) mass is 509 g/mol. The van der Waals surface area contributed by atoms with Crippen molar-refractivity contribution >= 4 is 66.3 Å². The molecule has 104 valence electrons. The number of halogens is 3. The second-order valence-electron chi connectivity index (χ2n) is 4.18. The van der Waals surface area contributed by atoms with Gasteiger partial charge in [-0.25, -0.2) is 9.97 Å². The Balaban J connectivity index is 2.33. The van der Waals surface area contributed by atoms with Crippen LogP contribution in [0.15, 0.2) is 27.1 Å². The van der Waals surface area contributed by atoms with E-state index in [0.29, 0.717) is 11.5 Å². The number of nitrogens with one attached hydrogen (secondary N) is 1. The minimum absolute atomic E-state index is 0.235. The zero-order chi connectivity index (χ0) is 14.9. The van der Waals surface area contributed by atoms with Gasteiger partial charge in [0.1, 0.15) is 0 Å². The molecule has 4 nitrogen and oxygen atoms in total. The van der Waals surface area contributed by atoms with E-state index in [2.05, 4.69) is 69.7 Å². The van der Waals surface area contributed by atoms with Crippen LogP contribution in [0.2, 0.25) is 0 Å². The van der Waals surface area contributed by atoms with Gasteiger partial charge in [0.05, 0.1) is 5.56 Å². The Morgan fingerprint density at radius 1 is 1.15 bits per heavy atom. The van der Waals surface area contributed by atoms with E-state index < -0.39 is 0 Å². The predicted octanol–water partition coefficient (Wildman–Crippen LogP) is 4.48. The third kappa shape index (κ3) is 3.76. The molecular formula is C13H10Br2IN3O. The van der Waals surface area contributed by atoms with Crippen LogP contribution in [0.1, 0.15) is 21.7 Å². The van der Waals surface area contributed by atoms with Gasteiger partial charge in [-0.05, 0) is 70.6 Å². The topological polar surface area (TPSA) is 54.9 Å². The largest absolute Gasteiger partial charge is 0.290 e. The third-order valence-corrected chi connectivity index (χ3v) is 5.43. The molecule has 0 atom stereocenters. The lowest BCUT2D eigenvalue weighted by molar-refractivity contribution is 0.102. The number of hydrogen-bond acceptors (Lipinski definition) is 3. The fourth-order valence-electron chi connectivity index (χ4n) is 1.67. The summed E-state index contributed by atoms with van der Waals surface area (Å²) >= 11 is 8.93. The van der Waals surface area contributed by atoms with E-state index in [4.69, 9.17) is 0 Å². The van der Waals surface area contributed by atoms with Gasteiger partial charge in [-0.3, -0.25) is 10.1 Å². The molecule has 1 N–H and O–H groups in total. The van der Waals surface area contributed by atoms with Gasteiger partial charge in [0.2, 0.25) is 5.95 Å². The first-order valence-electron chi connectivity index (χ1n) is 5.65. The zero-order valence-corrected chi connectivity index (χ0v) is 16.0. The molecule has 1 amide bonds. The number of carbonyl (C=O) groups is 1. The van der Waals surface area contributed by atoms with Crippen molar-refractivity contribution in [2.45, 2.75) is 13.8 Å². The van der Waals surface area contributed by atoms with E-state index in [1.807, 2.05) is 26.0 Å². The van der Waals surface area contributed by atoms with Gasteiger partial charge in [0.25, 0.3) is 5.91 Å². The van der Waals surface area contributed by atoms with Crippen molar-refractivity contribution < 1.29 is 4.79 Å². The number of rotatable bonds is 2. The normalized spacial score (nSPS) is 10.4. The number of amides is 1. The third-order valence-electron chi connectivity index (χ3n) is 2.45. The molecule has 1 aromatic heterocycles. The van der Waals surface area contributed by atoms with E-state index in [1.54, 1.807) is 6.07 Å². The zero-order valence-electron chi connectivity index (χ0n) is 10.7. The lowest BCUT2D eigenvalue weighted by atomic mass is 10.2. The minimum Gasteiger partial charge on any atom is -0.290 e. The lowest BCUT2D eigenvalue weighted by Gasteiger charge is -2.09. The quantitative estimate of drug-likeness (QED) is 0.479. The van der Waals surface area contributed by atoms with E-state index in [9.17, 15) is 4.79 Å². The molecule has 0 unspecified atom stereocenters. The second-order valence-corrected chi connectivity index (χ2v) is 7.03. The summed E-state index contributed by atoms with van der Waals surface area (Å²) in [5.41, 5.74) is 2.20. The maximum absolute atomic E-state index is 12.3. The van der Waals surface area contributed by atoms with Crippen molar-refractivity contribution in [3.8, 4) is 0 Å². The van der Waals surface area contributed by atoms with Crippen LogP contribution in [-0.2, 0) is 0 Å². The number of anilines is 1. The summed E-state index contributed by atoms with van der Waals surface area (Å²) in [5, 5.41) is 2.73. The molecule has 0 spiro atoms. The van der Waals surface area contributed by atoms with Crippen LogP contribution in [0.25, 0.3) is 0 Å². The lowest BCUT2D eigenvalue weighted by Crippen LogP contribution is -2.16. The first-order chi connectivity index (χ1) is 9.36. The van der Waals surface area contributed by atoms with E-state index in [0.717, 1.165) is 23.9 Å². The van der Waals surface area contributed by atoms with E-state index >= 15 is 0 Å². The highest BCUT2D eigenvalue weighted by molar-refractivity contribution is 14.1. The number of nitrogens with zero attached hydrogens (tertiary/aromatic N) is 2. The van der Waals surface area contributed by atoms with Crippen LogP contribution in [0.3, 0.4) is 0 Å². The van der Waals surface area contributed by atoms with Crippen LogP contribution in [-0.4, -0.2) is 15.9 Å². The summed E-state index contributed by atoms with van der Waals surface area (Å²) in [6.45, 7) is 3.73. The minimum atomic E-state index is -0.235. The summed E-state index contributed by atoms with van der Waals surface area (Å²) < 4.78 is 2.53. The van der Waals surface area contributed by atoms with Crippen LogP contribution >= 0.6 is 54.5 Å². The molecular weight excluding hydrogens is 501 g/mol. The highest BCUT2D eigenvalue weighted by atomic mass is 127. The molecule has 0 saturated heterocycles. The highest BCUT2D eigenvalue weighted by Crippen LogP contribution is 2.27. The molecule has 20 heavy (non-hydrogen) atoms. The smallest absolute Gasteiger partial charge is 0.259 e. The van der Waals surface area contributed by atoms with Gasteiger partial charge < -0.3 is 0 Å². The van der Waals surface area contributed by atoms with Crippen molar-refractivity contribution in [2.75, 3.05) is 5.32 Å². The average molecular weight is 511 g/mol. The number of carbonyl (C=O) groups excluding carboxylic acids is 1. The molecule has 0 saturated carbocycles. The maximum atomic E-state index is 12.3. The van der Waals surface area contributed by atoms with Gasteiger partial charge >= 0.3 is 0 Å². The second kappa shape index (κ2) is 6.48. The van der Waals surface area contributed by atoms with Gasteiger partial charge in [0.15, 0.2) is 0 Å². The molecule has 0 radical (unpaired) electrons. The van der Waals surface area contributed by atoms with E-state index in [1.165, 1.54) is 0 Å². The molecule has 1 heterocycles. The first-order valence-corrected chi connectivity index (χ1v) is 8.31. The Hall–Kier alpha value is -0.540. The number of benzene rings is 1. The number of aryl methyl sites for hydroxylation is 2. The van der Waals surface area contributed by atoms with Gasteiger partial charge in [-0.2, -0.15) is 0 Å². The summed E-state index contributed by atoms with van der Waals surface area (Å²) in [5.74, 6) is 0.0841. The Morgan fingerprint density at radius 3 is 2.35 bits per heavy atom. The van der Waals surface area contributed by atoms with Crippen molar-refractivity contribution in [1.29, 1.82) is 0 Å². The van der Waals surface area contributed by atoms with Crippen LogP contribution in [0, 0.1) is 17.4 Å². The predicted molar refractivity (Wildman–Crippen MR) is 94.0 cm³/mol. The molecule has 0 aliphatic rings. The van der Waals surface area contributed by atoms with Gasteiger partial charge in [-0.1, -0.05) is 15.9 Å². The molecule has 1 aromatic carbocycles. The molecule has 0 aliphatic heterocycles. The van der Waals surface area contributed by atoms with Gasteiger partial charge in [0, 0.05) is 23.9 Å². The Bertz CT molecular complexity index is 671. The van der Waals surface area contributed by atoms with Crippen molar-refractivity contribution in [2.24, 2.45) is 0 Å². The Labute approximate surface area is 147 Å². The first kappa shape index (κ1) is 15.8. The maximum Gasteiger partial charge on any atom is 0.259 e. The molecule has 0 aliphatic carbocycles. The standard InChI is InChI=1S/C13H10Br2IN3O/c1-6-3-7(2)18-13(17-6)19-12(20)9-4-8(14)5-10(15)11(9)16/h3-5H,1-2H3,(H,17,18,19,20). The Morgan fingerprint density at radius 2 is 1.75 bits per heavy atom. The van der Waals surface area contributed by atoms with Crippen molar-refractivity contribution in [3.05, 3.63) is 47.7 Å². The van der Waals surface area contributed by atoms with Crippen LogP contribution in [0.5, 0.6) is 0 Å². The van der Waals surface area contributed by atoms with Crippen molar-refractivity contribution in [3.63, 3.8) is 0 Å².